The maximum atomic E-state index is 9.89. The van der Waals surface area contributed by atoms with Gasteiger partial charge in [-0.1, -0.05) is 19.9 Å². The van der Waals surface area contributed by atoms with Crippen LogP contribution in [0.3, 0.4) is 0 Å². The summed E-state index contributed by atoms with van der Waals surface area (Å²) in [5.41, 5.74) is 8.32. The molecule has 4 rings (SSSR count). The summed E-state index contributed by atoms with van der Waals surface area (Å²) in [6, 6.07) is 12.5. The summed E-state index contributed by atoms with van der Waals surface area (Å²) >= 11 is 0. The topological polar surface area (TPSA) is 141 Å². The predicted octanol–water partition coefficient (Wildman–Crippen LogP) is 4.57. The average Bonchev–Trinajstić information content (AvgIpc) is 2.91. The van der Waals surface area contributed by atoms with Crippen molar-refractivity contribution in [1.29, 1.82) is 5.41 Å². The lowest BCUT2D eigenvalue weighted by atomic mass is 10.0. The Morgan fingerprint density at radius 2 is 1.89 bits per heavy atom. The molecule has 1 unspecified atom stereocenters. The van der Waals surface area contributed by atoms with E-state index >= 15 is 0 Å². The van der Waals surface area contributed by atoms with Gasteiger partial charge in [0.1, 0.15) is 35.2 Å². The Bertz CT molecular complexity index is 1170. The lowest BCUT2D eigenvalue weighted by Gasteiger charge is -2.33. The number of aliphatic hydroxyl groups excluding tert-OH is 1. The summed E-state index contributed by atoms with van der Waals surface area (Å²) in [7, 11) is 0. The van der Waals surface area contributed by atoms with Crippen LogP contribution < -0.4 is 15.8 Å². The van der Waals surface area contributed by atoms with Crippen molar-refractivity contribution in [1.82, 2.24) is 14.9 Å². The largest absolute Gasteiger partial charge is 0.508 e. The second kappa shape index (κ2) is 13.6. The van der Waals surface area contributed by atoms with Crippen LogP contribution in [-0.2, 0) is 0 Å². The van der Waals surface area contributed by atoms with Crippen molar-refractivity contribution in [3.63, 3.8) is 0 Å². The Morgan fingerprint density at radius 3 is 2.59 bits per heavy atom. The van der Waals surface area contributed by atoms with Crippen LogP contribution in [-0.4, -0.2) is 63.1 Å². The highest BCUT2D eigenvalue weighted by atomic mass is 16.5. The first-order valence-electron chi connectivity index (χ1n) is 12.8. The highest BCUT2D eigenvalue weighted by molar-refractivity contribution is 6.16. The van der Waals surface area contributed by atoms with E-state index in [4.69, 9.17) is 21.0 Å². The number of phenolic OH excluding ortho intramolecular Hbond substituents is 1. The van der Waals surface area contributed by atoms with Gasteiger partial charge in [-0.25, -0.2) is 9.97 Å². The second-order valence-corrected chi connectivity index (χ2v) is 8.79. The molecule has 0 spiro atoms. The molecule has 0 bridgehead atoms. The van der Waals surface area contributed by atoms with Crippen molar-refractivity contribution in [2.45, 2.75) is 46.1 Å². The van der Waals surface area contributed by atoms with Crippen molar-refractivity contribution in [3.8, 4) is 17.2 Å². The van der Waals surface area contributed by atoms with Gasteiger partial charge in [0.15, 0.2) is 0 Å². The number of aromatic hydroxyl groups is 1. The minimum Gasteiger partial charge on any atom is -0.508 e. The van der Waals surface area contributed by atoms with Crippen LogP contribution in [0, 0.1) is 12.3 Å². The molecule has 1 aliphatic rings. The standard InChI is InChI=1S/C26H32N6O3.C2H6/c1-17-5-8-21(14-22(17)34)35-20-9-6-18(7-10-20)24(27)23-25(28)29-16-30-26(23)31-19-4-2-11-32(15-19)12-3-13-33;1-2/h5-10,14,16,19,27,33-34H,2-4,11-13,15H2,1H3,(H3,28,29,30,31);1-2H3. The van der Waals surface area contributed by atoms with Crippen molar-refractivity contribution >= 4 is 17.3 Å². The molecule has 3 aromatic rings. The molecule has 2 aromatic carbocycles. The molecular weight excluding hydrogens is 468 g/mol. The fraction of sp³-hybridized carbons (Fsp3) is 0.393. The SMILES string of the molecule is CC.Cc1ccc(Oc2ccc(C(=N)c3c(N)ncnc3NC3CCCN(CCCO)C3)cc2)cc1O. The van der Waals surface area contributed by atoms with Gasteiger partial charge in [0.2, 0.25) is 0 Å². The smallest absolute Gasteiger partial charge is 0.141 e. The number of aliphatic hydroxyl groups is 1. The van der Waals surface area contributed by atoms with Gasteiger partial charge >= 0.3 is 0 Å². The van der Waals surface area contributed by atoms with E-state index in [0.717, 1.165) is 44.5 Å². The molecular formula is C28H38N6O3. The molecule has 0 aliphatic carbocycles. The minimum atomic E-state index is 0.171. The highest BCUT2D eigenvalue weighted by Crippen LogP contribution is 2.29. The monoisotopic (exact) mass is 506 g/mol. The van der Waals surface area contributed by atoms with Crippen LogP contribution in [0.25, 0.3) is 0 Å². The Labute approximate surface area is 218 Å². The number of anilines is 2. The number of nitrogens with one attached hydrogen (secondary N) is 2. The summed E-state index contributed by atoms with van der Waals surface area (Å²) in [6.45, 7) is 8.74. The number of piperidine rings is 1. The third-order valence-electron chi connectivity index (χ3n) is 6.16. The van der Waals surface area contributed by atoms with Gasteiger partial charge in [-0.15, -0.1) is 0 Å². The second-order valence-electron chi connectivity index (χ2n) is 8.79. The molecule has 6 N–H and O–H groups in total. The van der Waals surface area contributed by atoms with Gasteiger partial charge in [-0.3, -0.25) is 5.41 Å². The molecule has 1 fully saturated rings. The maximum absolute atomic E-state index is 9.89. The molecule has 0 saturated carbocycles. The van der Waals surface area contributed by atoms with Crippen LogP contribution in [0.5, 0.6) is 17.2 Å². The number of aryl methyl sites for hydroxylation is 1. The molecule has 37 heavy (non-hydrogen) atoms. The maximum Gasteiger partial charge on any atom is 0.141 e. The number of nitrogens with two attached hydrogens (primary N) is 1. The quantitative estimate of drug-likeness (QED) is 0.266. The Hall–Kier alpha value is -3.69. The number of ether oxygens (including phenoxy) is 1. The third kappa shape index (κ3) is 7.41. The van der Waals surface area contributed by atoms with E-state index in [1.165, 1.54) is 6.33 Å². The number of nitrogen functional groups attached to an aromatic ring is 1. The van der Waals surface area contributed by atoms with Crippen LogP contribution in [0.1, 0.15) is 49.8 Å². The van der Waals surface area contributed by atoms with E-state index < -0.39 is 0 Å². The average molecular weight is 507 g/mol. The zero-order valence-corrected chi connectivity index (χ0v) is 21.9. The predicted molar refractivity (Wildman–Crippen MR) is 148 cm³/mol. The fourth-order valence-electron chi connectivity index (χ4n) is 4.24. The molecule has 2 heterocycles. The van der Waals surface area contributed by atoms with E-state index in [0.29, 0.717) is 28.4 Å². The molecule has 0 radical (unpaired) electrons. The Balaban J connectivity index is 0.00000186. The number of nitrogens with zero attached hydrogens (tertiary/aromatic N) is 3. The Morgan fingerprint density at radius 1 is 1.16 bits per heavy atom. The number of hydrogen-bond acceptors (Lipinski definition) is 9. The van der Waals surface area contributed by atoms with Crippen LogP contribution in [0.2, 0.25) is 0 Å². The molecule has 1 aromatic heterocycles. The number of hydrogen-bond donors (Lipinski definition) is 5. The zero-order valence-electron chi connectivity index (χ0n) is 21.9. The van der Waals surface area contributed by atoms with Gasteiger partial charge in [0.05, 0.1) is 11.3 Å². The van der Waals surface area contributed by atoms with Gasteiger partial charge in [-0.05, 0) is 68.6 Å². The van der Waals surface area contributed by atoms with E-state index in [-0.39, 0.29) is 29.9 Å². The van der Waals surface area contributed by atoms with Crippen molar-refractivity contribution in [2.24, 2.45) is 0 Å². The molecule has 0 amide bonds. The number of rotatable bonds is 9. The third-order valence-corrected chi connectivity index (χ3v) is 6.16. The summed E-state index contributed by atoms with van der Waals surface area (Å²) in [5.74, 6) is 2.09. The molecule has 1 aliphatic heterocycles. The van der Waals surface area contributed by atoms with E-state index in [2.05, 4.69) is 20.2 Å². The van der Waals surface area contributed by atoms with Crippen LogP contribution >= 0.6 is 0 Å². The molecule has 198 valence electrons. The summed E-state index contributed by atoms with van der Waals surface area (Å²) in [6.07, 6.45) is 4.21. The normalized spacial score (nSPS) is 15.4. The van der Waals surface area contributed by atoms with E-state index in [1.807, 2.05) is 20.8 Å². The van der Waals surface area contributed by atoms with Gasteiger partial charge in [0.25, 0.3) is 0 Å². The number of likely N-dealkylation sites (tertiary alicyclic amines) is 1. The highest BCUT2D eigenvalue weighted by Gasteiger charge is 2.23. The Kier molecular flexibility index (Phi) is 10.2. The van der Waals surface area contributed by atoms with Crippen LogP contribution in [0.4, 0.5) is 11.6 Å². The number of phenols is 1. The van der Waals surface area contributed by atoms with Crippen LogP contribution in [0.15, 0.2) is 48.8 Å². The van der Waals surface area contributed by atoms with Crippen molar-refractivity contribution < 1.29 is 14.9 Å². The molecule has 9 nitrogen and oxygen atoms in total. The van der Waals surface area contributed by atoms with E-state index in [9.17, 15) is 5.11 Å². The molecule has 9 heteroatoms. The summed E-state index contributed by atoms with van der Waals surface area (Å²) in [5, 5.41) is 31.3. The fourth-order valence-corrected chi connectivity index (χ4v) is 4.24. The van der Waals surface area contributed by atoms with Crippen molar-refractivity contribution in [2.75, 3.05) is 37.3 Å². The lowest BCUT2D eigenvalue weighted by molar-refractivity contribution is 0.190. The summed E-state index contributed by atoms with van der Waals surface area (Å²) in [4.78, 5) is 10.9. The minimum absolute atomic E-state index is 0.171. The first kappa shape index (κ1) is 27.9. The zero-order chi connectivity index (χ0) is 26.8. The van der Waals surface area contributed by atoms with Gasteiger partial charge in [0, 0.05) is 37.4 Å². The number of aromatic nitrogens is 2. The van der Waals surface area contributed by atoms with Crippen molar-refractivity contribution in [3.05, 3.63) is 65.5 Å². The first-order valence-corrected chi connectivity index (χ1v) is 12.8. The summed E-state index contributed by atoms with van der Waals surface area (Å²) < 4.78 is 5.83. The number of benzene rings is 2. The van der Waals surface area contributed by atoms with Gasteiger partial charge in [-0.2, -0.15) is 0 Å². The van der Waals surface area contributed by atoms with Gasteiger partial charge < -0.3 is 30.9 Å². The van der Waals surface area contributed by atoms with E-state index in [1.54, 1.807) is 42.5 Å². The molecule has 1 atom stereocenters. The molecule has 1 saturated heterocycles. The first-order chi connectivity index (χ1) is 17.9. The lowest BCUT2D eigenvalue weighted by Crippen LogP contribution is -2.43.